The van der Waals surface area contributed by atoms with Crippen LogP contribution < -0.4 is 9.47 Å². The standard InChI is InChI=1S/C22H23NO3/c1-2-5-18(6-3-1)14-23-15-26-22(11-4-7-21(22)23)12-10-17-8-9-19-20(13-17)25-16-24-19/h1-3,5-6,8-10,12-13,21H,4,7,11,14-16H2/b12-10+/t21-,22-/m0/s1. The summed E-state index contributed by atoms with van der Waals surface area (Å²) in [7, 11) is 0. The van der Waals surface area contributed by atoms with E-state index in [0.29, 0.717) is 19.6 Å². The third kappa shape index (κ3) is 2.79. The molecule has 2 atom stereocenters. The highest BCUT2D eigenvalue weighted by Gasteiger charge is 2.49. The smallest absolute Gasteiger partial charge is 0.231 e. The summed E-state index contributed by atoms with van der Waals surface area (Å²) in [6.45, 7) is 1.96. The van der Waals surface area contributed by atoms with Gasteiger partial charge in [-0.1, -0.05) is 48.6 Å². The van der Waals surface area contributed by atoms with Gasteiger partial charge in [0, 0.05) is 12.6 Å². The van der Waals surface area contributed by atoms with Crippen LogP contribution in [0.15, 0.2) is 54.6 Å². The maximum atomic E-state index is 6.35. The van der Waals surface area contributed by atoms with E-state index in [9.17, 15) is 0 Å². The van der Waals surface area contributed by atoms with Crippen LogP contribution in [0.25, 0.3) is 6.08 Å². The Morgan fingerprint density at radius 3 is 2.88 bits per heavy atom. The first kappa shape index (κ1) is 15.9. The Hall–Kier alpha value is -2.30. The van der Waals surface area contributed by atoms with E-state index in [2.05, 4.69) is 53.5 Å². The lowest BCUT2D eigenvalue weighted by molar-refractivity contribution is 0.0367. The molecular weight excluding hydrogens is 326 g/mol. The summed E-state index contributed by atoms with van der Waals surface area (Å²) in [6.07, 6.45) is 7.93. The van der Waals surface area contributed by atoms with E-state index in [0.717, 1.165) is 30.0 Å². The van der Waals surface area contributed by atoms with E-state index in [1.54, 1.807) is 0 Å². The van der Waals surface area contributed by atoms with Crippen molar-refractivity contribution in [2.45, 2.75) is 37.5 Å². The van der Waals surface area contributed by atoms with Crippen LogP contribution in [-0.4, -0.2) is 30.1 Å². The van der Waals surface area contributed by atoms with E-state index < -0.39 is 0 Å². The number of fused-ring (bicyclic) bond motifs is 2. The van der Waals surface area contributed by atoms with Gasteiger partial charge in [0.05, 0.1) is 0 Å². The number of ether oxygens (including phenoxy) is 3. The molecule has 4 heteroatoms. The molecule has 1 saturated heterocycles. The van der Waals surface area contributed by atoms with Crippen molar-refractivity contribution in [3.8, 4) is 11.5 Å². The minimum atomic E-state index is -0.162. The molecule has 0 spiro atoms. The van der Waals surface area contributed by atoms with E-state index in [-0.39, 0.29) is 5.60 Å². The fourth-order valence-electron chi connectivity index (χ4n) is 4.41. The van der Waals surface area contributed by atoms with Crippen molar-refractivity contribution in [2.75, 3.05) is 13.5 Å². The molecule has 0 unspecified atom stereocenters. The summed E-state index contributed by atoms with van der Waals surface area (Å²) >= 11 is 0. The largest absolute Gasteiger partial charge is 0.454 e. The topological polar surface area (TPSA) is 30.9 Å². The Kier molecular flexibility index (Phi) is 3.95. The molecule has 0 bridgehead atoms. The van der Waals surface area contributed by atoms with Gasteiger partial charge in [-0.2, -0.15) is 0 Å². The maximum Gasteiger partial charge on any atom is 0.231 e. The van der Waals surface area contributed by atoms with E-state index in [4.69, 9.17) is 14.2 Å². The van der Waals surface area contributed by atoms with Crippen molar-refractivity contribution in [3.05, 3.63) is 65.7 Å². The lowest BCUT2D eigenvalue weighted by Gasteiger charge is -2.27. The zero-order valence-electron chi connectivity index (χ0n) is 14.8. The minimum Gasteiger partial charge on any atom is -0.454 e. The van der Waals surface area contributed by atoms with E-state index in [1.807, 2.05) is 12.1 Å². The SMILES string of the molecule is C(=C\[C@@]12CCC[C@@H]1N(Cc1ccccc1)CO2)/c1ccc2c(c1)OCO2. The van der Waals surface area contributed by atoms with Crippen LogP contribution >= 0.6 is 0 Å². The molecule has 4 nitrogen and oxygen atoms in total. The van der Waals surface area contributed by atoms with Gasteiger partial charge < -0.3 is 14.2 Å². The van der Waals surface area contributed by atoms with Crippen molar-refractivity contribution in [1.29, 1.82) is 0 Å². The normalized spacial score (nSPS) is 27.3. The summed E-state index contributed by atoms with van der Waals surface area (Å²) in [4.78, 5) is 2.48. The Morgan fingerprint density at radius 1 is 1.08 bits per heavy atom. The van der Waals surface area contributed by atoms with Crippen molar-refractivity contribution in [3.63, 3.8) is 0 Å². The predicted molar refractivity (Wildman–Crippen MR) is 99.9 cm³/mol. The number of benzene rings is 2. The van der Waals surface area contributed by atoms with Gasteiger partial charge in [0.25, 0.3) is 0 Å². The molecule has 2 aromatic carbocycles. The first-order valence-corrected chi connectivity index (χ1v) is 9.33. The highest BCUT2D eigenvalue weighted by molar-refractivity contribution is 5.57. The van der Waals surface area contributed by atoms with E-state index >= 15 is 0 Å². The van der Waals surface area contributed by atoms with Crippen molar-refractivity contribution in [1.82, 2.24) is 4.90 Å². The zero-order valence-corrected chi connectivity index (χ0v) is 14.8. The van der Waals surface area contributed by atoms with Crippen LogP contribution in [0.3, 0.4) is 0 Å². The minimum absolute atomic E-state index is 0.162. The second kappa shape index (κ2) is 6.45. The van der Waals surface area contributed by atoms with Crippen molar-refractivity contribution in [2.24, 2.45) is 0 Å². The molecule has 134 valence electrons. The number of hydrogen-bond donors (Lipinski definition) is 0. The monoisotopic (exact) mass is 349 g/mol. The van der Waals surface area contributed by atoms with Crippen LogP contribution in [0.4, 0.5) is 0 Å². The molecule has 5 rings (SSSR count). The summed E-state index contributed by atoms with van der Waals surface area (Å²) in [5, 5.41) is 0. The van der Waals surface area contributed by atoms with Crippen LogP contribution in [0.5, 0.6) is 11.5 Å². The molecule has 1 saturated carbocycles. The molecule has 0 radical (unpaired) electrons. The van der Waals surface area contributed by atoms with Crippen molar-refractivity contribution >= 4 is 6.08 Å². The summed E-state index contributed by atoms with van der Waals surface area (Å²) in [5.41, 5.74) is 2.31. The molecule has 0 aromatic heterocycles. The lowest BCUT2D eigenvalue weighted by Crippen LogP contribution is -2.39. The Morgan fingerprint density at radius 2 is 1.96 bits per heavy atom. The summed E-state index contributed by atoms with van der Waals surface area (Å²) in [6, 6.07) is 17.2. The van der Waals surface area contributed by atoms with Crippen LogP contribution in [0, 0.1) is 0 Å². The molecule has 26 heavy (non-hydrogen) atoms. The number of rotatable bonds is 4. The molecule has 2 aliphatic heterocycles. The van der Waals surface area contributed by atoms with Gasteiger partial charge in [0.1, 0.15) is 12.3 Å². The molecule has 1 aliphatic carbocycles. The van der Waals surface area contributed by atoms with Gasteiger partial charge in [-0.3, -0.25) is 4.90 Å². The molecule has 0 amide bonds. The van der Waals surface area contributed by atoms with Gasteiger partial charge in [0.2, 0.25) is 6.79 Å². The number of hydrogen-bond acceptors (Lipinski definition) is 4. The Balaban J connectivity index is 1.35. The van der Waals surface area contributed by atoms with Gasteiger partial charge >= 0.3 is 0 Å². The Bertz CT molecular complexity index is 819. The second-order valence-corrected chi connectivity index (χ2v) is 7.31. The lowest BCUT2D eigenvalue weighted by atomic mass is 9.95. The molecule has 0 N–H and O–H groups in total. The zero-order chi connectivity index (χ0) is 17.4. The quantitative estimate of drug-likeness (QED) is 0.827. The molecule has 2 heterocycles. The fourth-order valence-corrected chi connectivity index (χ4v) is 4.41. The first-order chi connectivity index (χ1) is 12.8. The van der Waals surface area contributed by atoms with Gasteiger partial charge in [-0.25, -0.2) is 0 Å². The summed E-state index contributed by atoms with van der Waals surface area (Å²) in [5.74, 6) is 1.65. The van der Waals surface area contributed by atoms with Gasteiger partial charge in [-0.15, -0.1) is 0 Å². The average Bonchev–Trinajstić information content (AvgIpc) is 3.37. The van der Waals surface area contributed by atoms with Crippen LogP contribution in [0.1, 0.15) is 30.4 Å². The highest BCUT2D eigenvalue weighted by Crippen LogP contribution is 2.44. The maximum absolute atomic E-state index is 6.35. The molecule has 2 fully saturated rings. The second-order valence-electron chi connectivity index (χ2n) is 7.31. The van der Waals surface area contributed by atoms with Gasteiger partial charge in [-0.05, 0) is 42.5 Å². The molecule has 3 aliphatic rings. The van der Waals surface area contributed by atoms with Crippen LogP contribution in [-0.2, 0) is 11.3 Å². The average molecular weight is 349 g/mol. The highest BCUT2D eigenvalue weighted by atomic mass is 16.7. The molecule has 2 aromatic rings. The predicted octanol–water partition coefficient (Wildman–Crippen LogP) is 4.21. The van der Waals surface area contributed by atoms with Crippen LogP contribution in [0.2, 0.25) is 0 Å². The third-order valence-electron chi connectivity index (χ3n) is 5.73. The first-order valence-electron chi connectivity index (χ1n) is 9.33. The third-order valence-corrected chi connectivity index (χ3v) is 5.73. The van der Waals surface area contributed by atoms with Crippen molar-refractivity contribution < 1.29 is 14.2 Å². The van der Waals surface area contributed by atoms with Gasteiger partial charge in [0.15, 0.2) is 11.5 Å². The van der Waals surface area contributed by atoms with E-state index in [1.165, 1.54) is 18.4 Å². The Labute approximate surface area is 154 Å². The molecular formula is C22H23NO3. The number of nitrogens with zero attached hydrogens (tertiary/aromatic N) is 1. The fraction of sp³-hybridized carbons (Fsp3) is 0.364. The summed E-state index contributed by atoms with van der Waals surface area (Å²) < 4.78 is 17.2.